The lowest BCUT2D eigenvalue weighted by atomic mass is 10.1. The van der Waals surface area contributed by atoms with Crippen LogP contribution in [0.2, 0.25) is 10.0 Å². The SMILES string of the molecule is COc1ccc2c(=O)n(CC(=O)Nc3cc(Cl)cc(Cl)c3)ccc2c1. The molecule has 0 aliphatic rings. The van der Waals surface area contributed by atoms with E-state index in [-0.39, 0.29) is 18.0 Å². The largest absolute Gasteiger partial charge is 0.497 e. The molecule has 128 valence electrons. The molecule has 0 bridgehead atoms. The van der Waals surface area contributed by atoms with Gasteiger partial charge >= 0.3 is 0 Å². The molecule has 1 aromatic heterocycles. The quantitative estimate of drug-likeness (QED) is 0.749. The smallest absolute Gasteiger partial charge is 0.258 e. The number of fused-ring (bicyclic) bond motifs is 1. The highest BCUT2D eigenvalue weighted by molar-refractivity contribution is 6.35. The standard InChI is InChI=1S/C18H14Cl2N2O3/c1-25-15-2-3-16-11(6-15)4-5-22(18(16)24)10-17(23)21-14-8-12(19)7-13(20)9-14/h2-9H,10H2,1H3,(H,21,23). The number of nitrogens with zero attached hydrogens (tertiary/aromatic N) is 1. The van der Waals surface area contributed by atoms with Crippen molar-refractivity contribution in [3.63, 3.8) is 0 Å². The van der Waals surface area contributed by atoms with Crippen molar-refractivity contribution in [3.8, 4) is 5.75 Å². The topological polar surface area (TPSA) is 60.3 Å². The summed E-state index contributed by atoms with van der Waals surface area (Å²) >= 11 is 11.8. The van der Waals surface area contributed by atoms with Crippen molar-refractivity contribution in [2.45, 2.75) is 6.54 Å². The summed E-state index contributed by atoms with van der Waals surface area (Å²) < 4.78 is 6.49. The van der Waals surface area contributed by atoms with Crippen LogP contribution in [0, 0.1) is 0 Å². The molecule has 1 N–H and O–H groups in total. The third-order valence-corrected chi connectivity index (χ3v) is 4.08. The Balaban J connectivity index is 1.83. The molecule has 0 aliphatic carbocycles. The summed E-state index contributed by atoms with van der Waals surface area (Å²) in [6, 6.07) is 11.7. The lowest BCUT2D eigenvalue weighted by Crippen LogP contribution is -2.27. The van der Waals surface area contributed by atoms with Crippen molar-refractivity contribution in [1.82, 2.24) is 4.57 Å². The number of hydrogen-bond donors (Lipinski definition) is 1. The molecule has 0 aliphatic heterocycles. The van der Waals surface area contributed by atoms with Crippen LogP contribution in [-0.4, -0.2) is 17.6 Å². The van der Waals surface area contributed by atoms with Crippen LogP contribution in [0.1, 0.15) is 0 Å². The lowest BCUT2D eigenvalue weighted by Gasteiger charge is -2.10. The number of aromatic nitrogens is 1. The van der Waals surface area contributed by atoms with Crippen molar-refractivity contribution in [2.24, 2.45) is 0 Å². The van der Waals surface area contributed by atoms with Gasteiger partial charge in [0.15, 0.2) is 0 Å². The van der Waals surface area contributed by atoms with Gasteiger partial charge in [-0.25, -0.2) is 0 Å². The Morgan fingerprint density at radius 3 is 2.52 bits per heavy atom. The summed E-state index contributed by atoms with van der Waals surface area (Å²) in [6.07, 6.45) is 1.58. The Bertz CT molecular complexity index is 995. The number of hydrogen-bond acceptors (Lipinski definition) is 3. The van der Waals surface area contributed by atoms with Crippen molar-refractivity contribution in [1.29, 1.82) is 0 Å². The maximum absolute atomic E-state index is 12.5. The molecule has 7 heteroatoms. The number of anilines is 1. The molecule has 2 aromatic carbocycles. The predicted molar refractivity (Wildman–Crippen MR) is 99.9 cm³/mol. The van der Waals surface area contributed by atoms with E-state index in [4.69, 9.17) is 27.9 Å². The van der Waals surface area contributed by atoms with Crippen LogP contribution in [0.5, 0.6) is 5.75 Å². The van der Waals surface area contributed by atoms with Crippen molar-refractivity contribution in [3.05, 3.63) is 69.1 Å². The highest BCUT2D eigenvalue weighted by Gasteiger charge is 2.09. The molecule has 1 amide bonds. The molecular weight excluding hydrogens is 363 g/mol. The number of amides is 1. The number of nitrogens with one attached hydrogen (secondary N) is 1. The molecule has 3 rings (SSSR count). The molecular formula is C18H14Cl2N2O3. The molecule has 5 nitrogen and oxygen atoms in total. The van der Waals surface area contributed by atoms with E-state index in [1.807, 2.05) is 0 Å². The third-order valence-electron chi connectivity index (χ3n) is 3.64. The number of carbonyl (C=O) groups is 1. The van der Waals surface area contributed by atoms with Crippen LogP contribution in [0.25, 0.3) is 10.8 Å². The van der Waals surface area contributed by atoms with Gasteiger partial charge in [0.25, 0.3) is 5.56 Å². The zero-order chi connectivity index (χ0) is 18.0. The minimum atomic E-state index is -0.353. The van der Waals surface area contributed by atoms with E-state index in [0.717, 1.165) is 5.39 Å². The van der Waals surface area contributed by atoms with E-state index in [1.54, 1.807) is 55.8 Å². The van der Waals surface area contributed by atoms with Gasteiger partial charge < -0.3 is 14.6 Å². The predicted octanol–water partition coefficient (Wildman–Crippen LogP) is 3.96. The van der Waals surface area contributed by atoms with E-state index in [9.17, 15) is 9.59 Å². The summed E-state index contributed by atoms with van der Waals surface area (Å²) in [7, 11) is 1.56. The average molecular weight is 377 g/mol. The van der Waals surface area contributed by atoms with Crippen molar-refractivity contribution >= 4 is 45.6 Å². The number of rotatable bonds is 4. The number of halogens is 2. The molecule has 0 atom stereocenters. The fraction of sp³-hybridized carbons (Fsp3) is 0.111. The van der Waals surface area contributed by atoms with E-state index < -0.39 is 0 Å². The van der Waals surface area contributed by atoms with E-state index in [1.165, 1.54) is 4.57 Å². The van der Waals surface area contributed by atoms with Gasteiger partial charge in [0.1, 0.15) is 12.3 Å². The first-order chi connectivity index (χ1) is 12.0. The number of ether oxygens (including phenoxy) is 1. The second-order valence-corrected chi connectivity index (χ2v) is 6.28. The summed E-state index contributed by atoms with van der Waals surface area (Å²) in [5.74, 6) is 0.313. The van der Waals surface area contributed by atoms with Crippen LogP contribution >= 0.6 is 23.2 Å². The number of methoxy groups -OCH3 is 1. The summed E-state index contributed by atoms with van der Waals surface area (Å²) in [5.41, 5.74) is 0.223. The van der Waals surface area contributed by atoms with Gasteiger partial charge in [0.2, 0.25) is 5.91 Å². The molecule has 3 aromatic rings. The second-order valence-electron chi connectivity index (χ2n) is 5.41. The third kappa shape index (κ3) is 3.95. The van der Waals surface area contributed by atoms with Crippen molar-refractivity contribution < 1.29 is 9.53 Å². The highest BCUT2D eigenvalue weighted by Crippen LogP contribution is 2.22. The molecule has 0 fully saturated rings. The van der Waals surface area contributed by atoms with Crippen LogP contribution in [-0.2, 0) is 11.3 Å². The summed E-state index contributed by atoms with van der Waals surface area (Å²) in [6.45, 7) is -0.120. The van der Waals surface area contributed by atoms with Gasteiger partial charge in [-0.05, 0) is 47.9 Å². The lowest BCUT2D eigenvalue weighted by molar-refractivity contribution is -0.116. The zero-order valence-corrected chi connectivity index (χ0v) is 14.8. The normalized spacial score (nSPS) is 10.7. The monoisotopic (exact) mass is 376 g/mol. The number of benzene rings is 2. The minimum absolute atomic E-state index is 0.120. The molecule has 1 heterocycles. The summed E-state index contributed by atoms with van der Waals surface area (Å²) in [5, 5.41) is 4.78. The first-order valence-corrected chi connectivity index (χ1v) is 8.15. The maximum atomic E-state index is 12.5. The fourth-order valence-corrected chi connectivity index (χ4v) is 3.02. The van der Waals surface area contributed by atoms with E-state index >= 15 is 0 Å². The Kier molecular flexibility index (Phi) is 4.97. The fourth-order valence-electron chi connectivity index (χ4n) is 2.50. The first kappa shape index (κ1) is 17.3. The first-order valence-electron chi connectivity index (χ1n) is 7.39. The number of carbonyl (C=O) groups excluding carboxylic acids is 1. The van der Waals surface area contributed by atoms with E-state index in [2.05, 4.69) is 5.32 Å². The molecule has 0 saturated heterocycles. The Morgan fingerprint density at radius 2 is 1.84 bits per heavy atom. The van der Waals surface area contributed by atoms with Gasteiger partial charge in [-0.3, -0.25) is 9.59 Å². The Morgan fingerprint density at radius 1 is 1.12 bits per heavy atom. The Labute approximate surface area is 153 Å². The molecule has 0 unspecified atom stereocenters. The van der Waals surface area contributed by atoms with Crippen molar-refractivity contribution in [2.75, 3.05) is 12.4 Å². The average Bonchev–Trinajstić information content (AvgIpc) is 2.56. The van der Waals surface area contributed by atoms with Crippen LogP contribution in [0.3, 0.4) is 0 Å². The molecule has 0 radical (unpaired) electrons. The summed E-state index contributed by atoms with van der Waals surface area (Å²) in [4.78, 5) is 24.7. The van der Waals surface area contributed by atoms with Gasteiger partial charge in [0, 0.05) is 27.3 Å². The maximum Gasteiger partial charge on any atom is 0.258 e. The van der Waals surface area contributed by atoms with Crippen LogP contribution in [0.15, 0.2) is 53.5 Å². The Hall–Kier alpha value is -2.50. The van der Waals surface area contributed by atoms with Gasteiger partial charge in [-0.2, -0.15) is 0 Å². The van der Waals surface area contributed by atoms with Crippen LogP contribution < -0.4 is 15.6 Å². The van der Waals surface area contributed by atoms with Gasteiger partial charge in [0.05, 0.1) is 7.11 Å². The van der Waals surface area contributed by atoms with E-state index in [0.29, 0.717) is 26.9 Å². The second kappa shape index (κ2) is 7.17. The molecule has 0 spiro atoms. The van der Waals surface area contributed by atoms with Crippen LogP contribution in [0.4, 0.5) is 5.69 Å². The van der Waals surface area contributed by atoms with Gasteiger partial charge in [-0.15, -0.1) is 0 Å². The number of pyridine rings is 1. The molecule has 0 saturated carbocycles. The highest BCUT2D eigenvalue weighted by atomic mass is 35.5. The van der Waals surface area contributed by atoms with Gasteiger partial charge in [-0.1, -0.05) is 23.2 Å². The molecule has 25 heavy (non-hydrogen) atoms. The minimum Gasteiger partial charge on any atom is -0.497 e. The zero-order valence-electron chi connectivity index (χ0n) is 13.3.